The fourth-order valence-electron chi connectivity index (χ4n) is 2.55. The molecule has 134 valence electrons. The average Bonchev–Trinajstić information content (AvgIpc) is 2.90. The normalized spacial score (nSPS) is 12.2. The summed E-state index contributed by atoms with van der Waals surface area (Å²) in [5, 5.41) is 3.89. The Hall–Kier alpha value is -2.25. The molecule has 0 saturated carbocycles. The van der Waals surface area contributed by atoms with Crippen molar-refractivity contribution in [2.75, 3.05) is 18.9 Å². The van der Waals surface area contributed by atoms with Gasteiger partial charge in [-0.2, -0.15) is 0 Å². The van der Waals surface area contributed by atoms with Gasteiger partial charge in [-0.05, 0) is 52.1 Å². The van der Waals surface area contributed by atoms with Crippen LogP contribution in [-0.2, 0) is 4.79 Å². The van der Waals surface area contributed by atoms with E-state index in [2.05, 4.69) is 29.0 Å². The lowest BCUT2D eigenvalue weighted by molar-refractivity contribution is -0.116. The minimum atomic E-state index is -0.485. The summed E-state index contributed by atoms with van der Waals surface area (Å²) >= 11 is 1.69. The number of hydrogen-bond donors (Lipinski definition) is 2. The van der Waals surface area contributed by atoms with E-state index in [0.717, 1.165) is 10.7 Å². The third kappa shape index (κ3) is 5.11. The van der Waals surface area contributed by atoms with Crippen LogP contribution < -0.4 is 11.1 Å². The molecular weight excluding hydrogens is 336 g/mol. The van der Waals surface area contributed by atoms with Gasteiger partial charge >= 0.3 is 0 Å². The Morgan fingerprint density at radius 1 is 1.28 bits per heavy atom. The quantitative estimate of drug-likeness (QED) is 0.795. The van der Waals surface area contributed by atoms with E-state index < -0.39 is 5.91 Å². The maximum atomic E-state index is 12.1. The highest BCUT2D eigenvalue weighted by Crippen LogP contribution is 2.26. The first-order valence-electron chi connectivity index (χ1n) is 8.11. The molecule has 0 saturated heterocycles. The fraction of sp³-hybridized carbons (Fsp3) is 0.389. The molecule has 0 radical (unpaired) electrons. The van der Waals surface area contributed by atoms with Crippen LogP contribution >= 0.6 is 11.3 Å². The second kappa shape index (κ2) is 8.22. The van der Waals surface area contributed by atoms with E-state index in [1.165, 1.54) is 4.88 Å². The molecule has 2 amide bonds. The van der Waals surface area contributed by atoms with Crippen LogP contribution in [-0.4, -0.2) is 35.3 Å². The topological polar surface area (TPSA) is 88.3 Å². The molecule has 0 aliphatic rings. The lowest BCUT2D eigenvalue weighted by Gasteiger charge is -2.23. The van der Waals surface area contributed by atoms with Gasteiger partial charge in [-0.1, -0.05) is 0 Å². The number of amides is 2. The van der Waals surface area contributed by atoms with E-state index in [0.29, 0.717) is 24.2 Å². The van der Waals surface area contributed by atoms with Crippen LogP contribution in [0.2, 0.25) is 0 Å². The van der Waals surface area contributed by atoms with E-state index in [9.17, 15) is 9.59 Å². The molecule has 1 atom stereocenters. The molecular formula is C18H24N4O2S. The summed E-state index contributed by atoms with van der Waals surface area (Å²) in [5.41, 5.74) is 7.34. The second-order valence-corrected chi connectivity index (χ2v) is 7.48. The maximum Gasteiger partial charge on any atom is 0.248 e. The number of carbonyl (C=O) groups is 2. The average molecular weight is 360 g/mol. The van der Waals surface area contributed by atoms with Crippen molar-refractivity contribution in [1.82, 2.24) is 9.88 Å². The zero-order chi connectivity index (χ0) is 18.6. The van der Waals surface area contributed by atoms with Crippen molar-refractivity contribution in [3.05, 3.63) is 45.4 Å². The predicted molar refractivity (Wildman–Crippen MR) is 101 cm³/mol. The standard InChI is InChI=1S/C18H24N4O2S/c1-11(17-12(2)25-13(3)20-17)22(4)10-9-16(23)21-15-7-5-14(6-8-15)18(19)24/h5-8,11H,9-10H2,1-4H3,(H2,19,24)(H,21,23)/t11-/m0/s1. The number of aryl methyl sites for hydroxylation is 2. The number of nitrogens with zero attached hydrogens (tertiary/aromatic N) is 2. The van der Waals surface area contributed by atoms with E-state index in [1.54, 1.807) is 35.6 Å². The summed E-state index contributed by atoms with van der Waals surface area (Å²) in [7, 11) is 1.99. The Morgan fingerprint density at radius 2 is 1.92 bits per heavy atom. The van der Waals surface area contributed by atoms with Crippen LogP contribution in [0.1, 0.15) is 45.3 Å². The molecule has 1 aromatic heterocycles. The molecule has 0 spiro atoms. The first-order chi connectivity index (χ1) is 11.8. The highest BCUT2D eigenvalue weighted by Gasteiger charge is 2.18. The van der Waals surface area contributed by atoms with E-state index in [4.69, 9.17) is 5.73 Å². The summed E-state index contributed by atoms with van der Waals surface area (Å²) in [6, 6.07) is 6.70. The number of rotatable bonds is 7. The Morgan fingerprint density at radius 3 is 2.44 bits per heavy atom. The highest BCUT2D eigenvalue weighted by atomic mass is 32.1. The second-order valence-electron chi connectivity index (χ2n) is 6.07. The molecule has 25 heavy (non-hydrogen) atoms. The smallest absolute Gasteiger partial charge is 0.248 e. The number of nitrogens with two attached hydrogens (primary N) is 1. The number of hydrogen-bond acceptors (Lipinski definition) is 5. The number of primary amides is 1. The lowest BCUT2D eigenvalue weighted by Crippen LogP contribution is -2.27. The number of aromatic nitrogens is 1. The number of carbonyl (C=O) groups excluding carboxylic acids is 2. The molecule has 0 aliphatic carbocycles. The molecule has 0 fully saturated rings. The van der Waals surface area contributed by atoms with Crippen LogP contribution in [0.4, 0.5) is 5.69 Å². The molecule has 0 aliphatic heterocycles. The molecule has 0 unspecified atom stereocenters. The van der Waals surface area contributed by atoms with Crippen molar-refractivity contribution in [1.29, 1.82) is 0 Å². The third-order valence-electron chi connectivity index (χ3n) is 4.14. The molecule has 1 heterocycles. The number of anilines is 1. The first-order valence-corrected chi connectivity index (χ1v) is 8.93. The zero-order valence-corrected chi connectivity index (χ0v) is 15.8. The maximum absolute atomic E-state index is 12.1. The van der Waals surface area contributed by atoms with Crippen molar-refractivity contribution < 1.29 is 9.59 Å². The summed E-state index contributed by atoms with van der Waals surface area (Å²) < 4.78 is 0. The minimum absolute atomic E-state index is 0.0722. The van der Waals surface area contributed by atoms with E-state index in [-0.39, 0.29) is 11.9 Å². The van der Waals surface area contributed by atoms with Gasteiger partial charge in [0.05, 0.1) is 16.7 Å². The van der Waals surface area contributed by atoms with Crippen molar-refractivity contribution in [3.63, 3.8) is 0 Å². The summed E-state index contributed by atoms with van der Waals surface area (Å²) in [6.07, 6.45) is 0.376. The van der Waals surface area contributed by atoms with Crippen LogP contribution in [0.15, 0.2) is 24.3 Å². The number of benzene rings is 1. The van der Waals surface area contributed by atoms with Gasteiger partial charge < -0.3 is 11.1 Å². The summed E-state index contributed by atoms with van der Waals surface area (Å²) in [6.45, 7) is 6.81. The van der Waals surface area contributed by atoms with Crippen molar-refractivity contribution in [2.45, 2.75) is 33.2 Å². The van der Waals surface area contributed by atoms with Crippen LogP contribution in [0, 0.1) is 13.8 Å². The highest BCUT2D eigenvalue weighted by molar-refractivity contribution is 7.11. The van der Waals surface area contributed by atoms with Crippen LogP contribution in [0.5, 0.6) is 0 Å². The molecule has 7 heteroatoms. The molecule has 2 aromatic rings. The molecule has 2 rings (SSSR count). The zero-order valence-electron chi connectivity index (χ0n) is 15.0. The van der Waals surface area contributed by atoms with Gasteiger partial charge in [-0.15, -0.1) is 11.3 Å². The Bertz CT molecular complexity index is 755. The van der Waals surface area contributed by atoms with E-state index in [1.807, 2.05) is 14.0 Å². The molecule has 3 N–H and O–H groups in total. The monoisotopic (exact) mass is 360 g/mol. The molecule has 6 nitrogen and oxygen atoms in total. The van der Waals surface area contributed by atoms with Crippen molar-refractivity contribution in [2.24, 2.45) is 5.73 Å². The number of nitrogens with one attached hydrogen (secondary N) is 1. The number of thiazole rings is 1. The van der Waals surface area contributed by atoms with Crippen molar-refractivity contribution >= 4 is 28.8 Å². The SMILES string of the molecule is Cc1nc([C@H](C)N(C)CCC(=O)Nc2ccc(C(N)=O)cc2)c(C)s1. The molecule has 0 bridgehead atoms. The van der Waals surface area contributed by atoms with Gasteiger partial charge in [-0.3, -0.25) is 14.5 Å². The lowest BCUT2D eigenvalue weighted by atomic mass is 10.2. The Balaban J connectivity index is 1.86. The van der Waals surface area contributed by atoms with Crippen LogP contribution in [0.25, 0.3) is 0 Å². The first kappa shape index (κ1) is 19.1. The third-order valence-corrected chi connectivity index (χ3v) is 5.04. The van der Waals surface area contributed by atoms with Gasteiger partial charge in [0, 0.05) is 29.1 Å². The fourth-order valence-corrected chi connectivity index (χ4v) is 3.46. The Labute approximate surface area is 152 Å². The molecule has 1 aromatic carbocycles. The predicted octanol–water partition coefficient (Wildman–Crippen LogP) is 2.88. The van der Waals surface area contributed by atoms with Gasteiger partial charge in [0.2, 0.25) is 11.8 Å². The van der Waals surface area contributed by atoms with Gasteiger partial charge in [0.25, 0.3) is 0 Å². The van der Waals surface area contributed by atoms with Gasteiger partial charge in [0.1, 0.15) is 0 Å². The summed E-state index contributed by atoms with van der Waals surface area (Å²) in [5.74, 6) is -0.557. The van der Waals surface area contributed by atoms with Crippen LogP contribution in [0.3, 0.4) is 0 Å². The van der Waals surface area contributed by atoms with Gasteiger partial charge in [0.15, 0.2) is 0 Å². The Kier molecular flexibility index (Phi) is 6.27. The van der Waals surface area contributed by atoms with E-state index >= 15 is 0 Å². The van der Waals surface area contributed by atoms with Crippen molar-refractivity contribution in [3.8, 4) is 0 Å². The summed E-state index contributed by atoms with van der Waals surface area (Å²) in [4.78, 5) is 31.1. The minimum Gasteiger partial charge on any atom is -0.366 e. The van der Waals surface area contributed by atoms with Gasteiger partial charge in [-0.25, -0.2) is 4.98 Å². The largest absolute Gasteiger partial charge is 0.366 e.